The number of hydrogen-bond donors (Lipinski definition) is 2. The predicted molar refractivity (Wildman–Crippen MR) is 83.8 cm³/mol. The second-order valence-electron chi connectivity index (χ2n) is 5.34. The van der Waals surface area contributed by atoms with Gasteiger partial charge >= 0.3 is 5.97 Å². The first-order valence-corrected chi connectivity index (χ1v) is 6.75. The van der Waals surface area contributed by atoms with Crippen LogP contribution in [0.1, 0.15) is 41.6 Å². The average molecular weight is 313 g/mol. The van der Waals surface area contributed by atoms with Gasteiger partial charge in [-0.15, -0.1) is 12.4 Å². The number of carbonyl (C=O) groups excluding carboxylic acids is 2. The maximum Gasteiger partial charge on any atom is 0.338 e. The van der Waals surface area contributed by atoms with E-state index in [4.69, 9.17) is 10.5 Å². The van der Waals surface area contributed by atoms with Crippen LogP contribution in [0.2, 0.25) is 0 Å². The van der Waals surface area contributed by atoms with E-state index in [1.54, 1.807) is 18.2 Å². The van der Waals surface area contributed by atoms with Crippen LogP contribution < -0.4 is 11.1 Å². The standard InChI is InChI=1S/C15H20N2O3.ClH/c1-10-5-6-11(9-12(10)13(18)20-2)17-14(19)15(16)7-3-4-8-15;/h5-6,9H,3-4,7-8,16H2,1-2H3,(H,17,19);1H. The van der Waals surface area contributed by atoms with Crippen LogP contribution in [0.4, 0.5) is 5.69 Å². The number of anilines is 1. The highest BCUT2D eigenvalue weighted by molar-refractivity contribution is 5.99. The van der Waals surface area contributed by atoms with Crippen molar-refractivity contribution in [1.82, 2.24) is 0 Å². The molecule has 1 aliphatic carbocycles. The molecule has 0 aromatic heterocycles. The Bertz CT molecular complexity index is 540. The molecular formula is C15H21ClN2O3. The molecule has 1 aromatic rings. The van der Waals surface area contributed by atoms with E-state index >= 15 is 0 Å². The van der Waals surface area contributed by atoms with Crippen molar-refractivity contribution in [1.29, 1.82) is 0 Å². The highest BCUT2D eigenvalue weighted by atomic mass is 35.5. The first-order valence-electron chi connectivity index (χ1n) is 6.75. The zero-order valence-corrected chi connectivity index (χ0v) is 13.1. The molecule has 1 aliphatic rings. The van der Waals surface area contributed by atoms with E-state index in [0.717, 1.165) is 18.4 Å². The van der Waals surface area contributed by atoms with Crippen molar-refractivity contribution < 1.29 is 14.3 Å². The van der Waals surface area contributed by atoms with Crippen LogP contribution in [0.25, 0.3) is 0 Å². The van der Waals surface area contributed by atoms with Gasteiger partial charge in [-0.25, -0.2) is 4.79 Å². The van der Waals surface area contributed by atoms with Crippen LogP contribution in [0.3, 0.4) is 0 Å². The van der Waals surface area contributed by atoms with Crippen molar-refractivity contribution in [3.05, 3.63) is 29.3 Å². The molecule has 116 valence electrons. The van der Waals surface area contributed by atoms with Crippen LogP contribution >= 0.6 is 12.4 Å². The van der Waals surface area contributed by atoms with Crippen molar-refractivity contribution in [2.24, 2.45) is 5.73 Å². The SMILES string of the molecule is COC(=O)c1cc(NC(=O)C2(N)CCCC2)ccc1C.Cl. The van der Waals surface area contributed by atoms with Gasteiger partial charge in [0.15, 0.2) is 0 Å². The Morgan fingerprint density at radius 1 is 1.29 bits per heavy atom. The van der Waals surface area contributed by atoms with Crippen LogP contribution in [0.5, 0.6) is 0 Å². The van der Waals surface area contributed by atoms with E-state index in [2.05, 4.69) is 5.32 Å². The van der Waals surface area contributed by atoms with Gasteiger partial charge in [0.05, 0.1) is 18.2 Å². The molecule has 0 bridgehead atoms. The monoisotopic (exact) mass is 312 g/mol. The molecule has 0 saturated heterocycles. The third kappa shape index (κ3) is 3.74. The number of nitrogens with one attached hydrogen (secondary N) is 1. The van der Waals surface area contributed by atoms with Crippen LogP contribution in [-0.2, 0) is 9.53 Å². The van der Waals surface area contributed by atoms with Crippen molar-refractivity contribution in [2.75, 3.05) is 12.4 Å². The number of hydrogen-bond acceptors (Lipinski definition) is 4. The molecule has 0 unspecified atom stereocenters. The molecule has 21 heavy (non-hydrogen) atoms. The number of esters is 1. The summed E-state index contributed by atoms with van der Waals surface area (Å²) in [6.45, 7) is 1.82. The lowest BCUT2D eigenvalue weighted by atomic mass is 9.98. The highest BCUT2D eigenvalue weighted by Crippen LogP contribution is 2.28. The highest BCUT2D eigenvalue weighted by Gasteiger charge is 2.37. The minimum atomic E-state index is -0.781. The molecule has 6 heteroatoms. The Balaban J connectivity index is 0.00000220. The van der Waals surface area contributed by atoms with E-state index in [1.165, 1.54) is 7.11 Å². The Kier molecular flexibility index (Phi) is 5.75. The Morgan fingerprint density at radius 3 is 2.48 bits per heavy atom. The molecule has 0 radical (unpaired) electrons. The molecule has 5 nitrogen and oxygen atoms in total. The zero-order valence-electron chi connectivity index (χ0n) is 12.3. The van der Waals surface area contributed by atoms with Gasteiger partial charge in [0.2, 0.25) is 5.91 Å². The lowest BCUT2D eigenvalue weighted by molar-refractivity contribution is -0.121. The van der Waals surface area contributed by atoms with E-state index in [0.29, 0.717) is 24.1 Å². The molecule has 1 aromatic carbocycles. The van der Waals surface area contributed by atoms with Crippen molar-refractivity contribution in [3.8, 4) is 0 Å². The third-order valence-electron chi connectivity index (χ3n) is 3.85. The normalized spacial score (nSPS) is 16.0. The second-order valence-corrected chi connectivity index (χ2v) is 5.34. The fraction of sp³-hybridized carbons (Fsp3) is 0.467. The number of carbonyl (C=O) groups is 2. The van der Waals surface area contributed by atoms with E-state index in [1.807, 2.05) is 6.92 Å². The molecule has 0 heterocycles. The first kappa shape index (κ1) is 17.5. The van der Waals surface area contributed by atoms with Gasteiger partial charge in [0.1, 0.15) is 0 Å². The van der Waals surface area contributed by atoms with Gasteiger partial charge in [-0.05, 0) is 37.5 Å². The minimum Gasteiger partial charge on any atom is -0.465 e. The summed E-state index contributed by atoms with van der Waals surface area (Å²) in [6, 6.07) is 5.16. The summed E-state index contributed by atoms with van der Waals surface area (Å²) in [6.07, 6.45) is 3.36. The van der Waals surface area contributed by atoms with E-state index in [9.17, 15) is 9.59 Å². The van der Waals surface area contributed by atoms with Crippen LogP contribution in [-0.4, -0.2) is 24.5 Å². The van der Waals surface area contributed by atoms with Crippen molar-refractivity contribution in [2.45, 2.75) is 38.1 Å². The minimum absolute atomic E-state index is 0. The molecule has 3 N–H and O–H groups in total. The van der Waals surface area contributed by atoms with Gasteiger partial charge in [-0.2, -0.15) is 0 Å². The molecule has 2 rings (SSSR count). The van der Waals surface area contributed by atoms with Crippen molar-refractivity contribution in [3.63, 3.8) is 0 Å². The number of amides is 1. The number of rotatable bonds is 3. The Hall–Kier alpha value is -1.59. The molecule has 0 aliphatic heterocycles. The van der Waals surface area contributed by atoms with Gasteiger partial charge in [-0.1, -0.05) is 18.9 Å². The lowest BCUT2D eigenvalue weighted by Gasteiger charge is -2.22. The smallest absolute Gasteiger partial charge is 0.338 e. The summed E-state index contributed by atoms with van der Waals surface area (Å²) in [5.41, 5.74) is 7.14. The number of nitrogens with two attached hydrogens (primary N) is 1. The average Bonchev–Trinajstić information content (AvgIpc) is 2.88. The van der Waals surface area contributed by atoms with Gasteiger partial charge < -0.3 is 15.8 Å². The number of aryl methyl sites for hydroxylation is 1. The molecule has 1 saturated carbocycles. The Labute approximate surface area is 130 Å². The summed E-state index contributed by atoms with van der Waals surface area (Å²) < 4.78 is 4.72. The van der Waals surface area contributed by atoms with Crippen LogP contribution in [0, 0.1) is 6.92 Å². The first-order chi connectivity index (χ1) is 9.46. The van der Waals surface area contributed by atoms with Gasteiger partial charge in [0, 0.05) is 5.69 Å². The maximum absolute atomic E-state index is 12.2. The van der Waals surface area contributed by atoms with E-state index < -0.39 is 11.5 Å². The number of ether oxygens (including phenoxy) is 1. The largest absolute Gasteiger partial charge is 0.465 e. The summed E-state index contributed by atoms with van der Waals surface area (Å²) >= 11 is 0. The maximum atomic E-state index is 12.2. The quantitative estimate of drug-likeness (QED) is 0.840. The Morgan fingerprint density at radius 2 is 1.90 bits per heavy atom. The number of benzene rings is 1. The summed E-state index contributed by atoms with van der Waals surface area (Å²) in [7, 11) is 1.33. The molecular weight excluding hydrogens is 292 g/mol. The third-order valence-corrected chi connectivity index (χ3v) is 3.85. The lowest BCUT2D eigenvalue weighted by Crippen LogP contribution is -2.48. The molecule has 1 fully saturated rings. The molecule has 0 spiro atoms. The number of halogens is 1. The van der Waals surface area contributed by atoms with Crippen LogP contribution in [0.15, 0.2) is 18.2 Å². The van der Waals surface area contributed by atoms with Gasteiger partial charge in [0.25, 0.3) is 0 Å². The van der Waals surface area contributed by atoms with Gasteiger partial charge in [-0.3, -0.25) is 4.79 Å². The fourth-order valence-corrected chi connectivity index (χ4v) is 2.52. The summed E-state index contributed by atoms with van der Waals surface area (Å²) in [4.78, 5) is 23.9. The molecule has 1 amide bonds. The fourth-order valence-electron chi connectivity index (χ4n) is 2.52. The molecule has 0 atom stereocenters. The van der Waals surface area contributed by atoms with Crippen molar-refractivity contribution >= 4 is 30.0 Å². The second kappa shape index (κ2) is 6.91. The predicted octanol–water partition coefficient (Wildman–Crippen LogP) is 2.41. The number of methoxy groups -OCH3 is 1. The summed E-state index contributed by atoms with van der Waals surface area (Å²) in [5.74, 6) is -0.600. The summed E-state index contributed by atoms with van der Waals surface area (Å²) in [5, 5.41) is 2.80. The zero-order chi connectivity index (χ0) is 14.8. The van der Waals surface area contributed by atoms with E-state index in [-0.39, 0.29) is 18.3 Å². The topological polar surface area (TPSA) is 81.4 Å².